The van der Waals surface area contributed by atoms with Crippen molar-refractivity contribution in [3.05, 3.63) is 47.9 Å². The highest BCUT2D eigenvalue weighted by Crippen LogP contribution is 2.34. The molecule has 3 heterocycles. The van der Waals surface area contributed by atoms with Gasteiger partial charge < -0.3 is 10.1 Å². The lowest BCUT2D eigenvalue weighted by Gasteiger charge is -2.30. The summed E-state index contributed by atoms with van der Waals surface area (Å²) in [5.74, 6) is 1.27. The van der Waals surface area contributed by atoms with Crippen LogP contribution in [0.4, 0.5) is 5.69 Å². The van der Waals surface area contributed by atoms with E-state index in [4.69, 9.17) is 4.74 Å². The van der Waals surface area contributed by atoms with Crippen LogP contribution >= 0.6 is 0 Å². The first kappa shape index (κ1) is 13.6. The molecule has 0 saturated carbocycles. The maximum absolute atomic E-state index is 5.77. The zero-order valence-electron chi connectivity index (χ0n) is 12.8. The van der Waals surface area contributed by atoms with Crippen molar-refractivity contribution in [2.45, 2.75) is 33.2 Å². The van der Waals surface area contributed by atoms with Crippen LogP contribution in [-0.4, -0.2) is 15.5 Å². The third-order valence-corrected chi connectivity index (χ3v) is 3.38. The number of hydrogen-bond acceptors (Lipinski definition) is 4. The highest BCUT2D eigenvalue weighted by molar-refractivity contribution is 5.77. The fourth-order valence-corrected chi connectivity index (χ4v) is 2.53. The fraction of sp³-hybridized carbons (Fsp3) is 0.294. The molecule has 1 N–H and O–H groups in total. The average Bonchev–Trinajstić information content (AvgIpc) is 2.41. The molecular weight excluding hydrogens is 262 g/mol. The van der Waals surface area contributed by atoms with Crippen LogP contribution in [0.5, 0.6) is 11.6 Å². The Balaban J connectivity index is 1.90. The van der Waals surface area contributed by atoms with Crippen LogP contribution in [-0.2, 0) is 0 Å². The summed E-state index contributed by atoms with van der Waals surface area (Å²) >= 11 is 0. The first-order chi connectivity index (χ1) is 9.93. The first-order valence-corrected chi connectivity index (χ1v) is 7.02. The quantitative estimate of drug-likeness (QED) is 0.896. The van der Waals surface area contributed by atoms with Gasteiger partial charge in [-0.15, -0.1) is 0 Å². The molecule has 0 radical (unpaired) electrons. The number of hydrogen-bond donors (Lipinski definition) is 1. The molecule has 1 aliphatic rings. The first-order valence-electron chi connectivity index (χ1n) is 7.02. The summed E-state index contributed by atoms with van der Waals surface area (Å²) < 4.78 is 5.77. The molecule has 108 valence electrons. The molecule has 0 fully saturated rings. The van der Waals surface area contributed by atoms with E-state index < -0.39 is 0 Å². The van der Waals surface area contributed by atoms with Crippen molar-refractivity contribution < 1.29 is 4.74 Å². The second-order valence-corrected chi connectivity index (χ2v) is 5.96. The van der Waals surface area contributed by atoms with E-state index in [2.05, 4.69) is 42.1 Å². The Kier molecular flexibility index (Phi) is 3.16. The second kappa shape index (κ2) is 4.88. The average molecular weight is 281 g/mol. The van der Waals surface area contributed by atoms with Crippen LogP contribution in [0.1, 0.15) is 32.2 Å². The van der Waals surface area contributed by atoms with Gasteiger partial charge in [-0.2, -0.15) is 0 Å². The summed E-state index contributed by atoms with van der Waals surface area (Å²) in [7, 11) is 0. The summed E-state index contributed by atoms with van der Waals surface area (Å²) in [5, 5.41) is 3.46. The predicted octanol–water partition coefficient (Wildman–Crippen LogP) is 4.18. The maximum atomic E-state index is 5.77. The van der Waals surface area contributed by atoms with Gasteiger partial charge in [-0.25, -0.2) is 4.98 Å². The SMILES string of the molecule is CC1=CC(C)(C)Nc2ccc(Oc3ccc(C)nc3)nc21. The third kappa shape index (κ3) is 2.89. The summed E-state index contributed by atoms with van der Waals surface area (Å²) in [6.45, 7) is 8.30. The molecule has 0 bridgehead atoms. The van der Waals surface area contributed by atoms with Crippen LogP contribution < -0.4 is 10.1 Å². The largest absolute Gasteiger partial charge is 0.437 e. The Labute approximate surface area is 124 Å². The van der Waals surface area contributed by atoms with Crippen LogP contribution in [0, 0.1) is 6.92 Å². The number of ether oxygens (including phenoxy) is 1. The van der Waals surface area contributed by atoms with Crippen LogP contribution in [0.25, 0.3) is 5.57 Å². The molecule has 0 aromatic carbocycles. The number of allylic oxidation sites excluding steroid dienone is 1. The maximum Gasteiger partial charge on any atom is 0.219 e. The molecule has 4 nitrogen and oxygen atoms in total. The molecule has 2 aromatic rings. The Morgan fingerprint density at radius 2 is 1.90 bits per heavy atom. The van der Waals surface area contributed by atoms with E-state index in [1.807, 2.05) is 31.2 Å². The number of nitrogens with zero attached hydrogens (tertiary/aromatic N) is 2. The van der Waals surface area contributed by atoms with E-state index in [0.29, 0.717) is 11.6 Å². The van der Waals surface area contributed by atoms with Crippen LogP contribution in [0.15, 0.2) is 36.5 Å². The monoisotopic (exact) mass is 281 g/mol. The van der Waals surface area contributed by atoms with Crippen molar-refractivity contribution in [3.63, 3.8) is 0 Å². The minimum Gasteiger partial charge on any atom is -0.437 e. The Morgan fingerprint density at radius 1 is 1.10 bits per heavy atom. The van der Waals surface area contributed by atoms with Gasteiger partial charge in [0.1, 0.15) is 5.75 Å². The number of fused-ring (bicyclic) bond motifs is 1. The van der Waals surface area contributed by atoms with Gasteiger partial charge >= 0.3 is 0 Å². The van der Waals surface area contributed by atoms with Gasteiger partial charge in [0.2, 0.25) is 5.88 Å². The van der Waals surface area contributed by atoms with Crippen molar-refractivity contribution >= 4 is 11.3 Å². The number of pyridine rings is 2. The van der Waals surface area contributed by atoms with E-state index in [-0.39, 0.29) is 5.54 Å². The number of anilines is 1. The highest BCUT2D eigenvalue weighted by Gasteiger charge is 2.23. The van der Waals surface area contributed by atoms with Crippen LogP contribution in [0.2, 0.25) is 0 Å². The normalized spacial score (nSPS) is 15.7. The molecule has 0 aliphatic carbocycles. The molecule has 4 heteroatoms. The van der Waals surface area contributed by atoms with E-state index in [1.54, 1.807) is 6.20 Å². The molecule has 0 saturated heterocycles. The van der Waals surface area contributed by atoms with E-state index in [0.717, 1.165) is 22.6 Å². The number of aryl methyl sites for hydroxylation is 1. The highest BCUT2D eigenvalue weighted by atomic mass is 16.5. The van der Waals surface area contributed by atoms with Crippen molar-refractivity contribution in [1.82, 2.24) is 9.97 Å². The summed E-state index contributed by atoms with van der Waals surface area (Å²) in [4.78, 5) is 8.82. The van der Waals surface area contributed by atoms with E-state index in [1.165, 1.54) is 0 Å². The minimum absolute atomic E-state index is 0.0536. The second-order valence-electron chi connectivity index (χ2n) is 5.96. The molecule has 0 unspecified atom stereocenters. The minimum atomic E-state index is -0.0536. The fourth-order valence-electron chi connectivity index (χ4n) is 2.53. The molecule has 2 aromatic heterocycles. The van der Waals surface area contributed by atoms with Crippen molar-refractivity contribution in [2.24, 2.45) is 0 Å². The van der Waals surface area contributed by atoms with Crippen LogP contribution in [0.3, 0.4) is 0 Å². The Bertz CT molecular complexity index is 702. The molecule has 0 atom stereocenters. The lowest BCUT2D eigenvalue weighted by Crippen LogP contribution is -2.31. The molecular formula is C17H19N3O. The molecule has 0 amide bonds. The lowest BCUT2D eigenvalue weighted by molar-refractivity contribution is 0.460. The molecule has 0 spiro atoms. The smallest absolute Gasteiger partial charge is 0.219 e. The van der Waals surface area contributed by atoms with Gasteiger partial charge in [-0.1, -0.05) is 6.08 Å². The zero-order chi connectivity index (χ0) is 15.0. The van der Waals surface area contributed by atoms with Gasteiger partial charge in [-0.05, 0) is 51.5 Å². The zero-order valence-corrected chi connectivity index (χ0v) is 12.8. The summed E-state index contributed by atoms with van der Waals surface area (Å²) in [6, 6.07) is 7.70. The third-order valence-electron chi connectivity index (χ3n) is 3.38. The number of rotatable bonds is 2. The van der Waals surface area contributed by atoms with Gasteiger partial charge in [0.15, 0.2) is 0 Å². The van der Waals surface area contributed by atoms with Gasteiger partial charge in [0, 0.05) is 11.8 Å². The van der Waals surface area contributed by atoms with E-state index >= 15 is 0 Å². The standard InChI is InChI=1S/C17H19N3O/c1-11-9-17(3,4)20-14-7-8-15(19-16(11)14)21-13-6-5-12(2)18-10-13/h5-10,20H,1-4H3. The predicted molar refractivity (Wildman–Crippen MR) is 84.6 cm³/mol. The Hall–Kier alpha value is -2.36. The topological polar surface area (TPSA) is 47.0 Å². The molecule has 21 heavy (non-hydrogen) atoms. The summed E-state index contributed by atoms with van der Waals surface area (Å²) in [5.41, 5.74) is 4.04. The number of aromatic nitrogens is 2. The van der Waals surface area contributed by atoms with Gasteiger partial charge in [-0.3, -0.25) is 4.98 Å². The number of nitrogens with one attached hydrogen (secondary N) is 1. The van der Waals surface area contributed by atoms with Gasteiger partial charge in [0.05, 0.1) is 23.1 Å². The van der Waals surface area contributed by atoms with Crippen molar-refractivity contribution in [1.29, 1.82) is 0 Å². The summed E-state index contributed by atoms with van der Waals surface area (Å²) in [6.07, 6.45) is 3.89. The molecule has 3 rings (SSSR count). The Morgan fingerprint density at radius 3 is 2.62 bits per heavy atom. The van der Waals surface area contributed by atoms with E-state index in [9.17, 15) is 0 Å². The van der Waals surface area contributed by atoms with Gasteiger partial charge in [0.25, 0.3) is 0 Å². The van der Waals surface area contributed by atoms with Crippen molar-refractivity contribution in [2.75, 3.05) is 5.32 Å². The molecule has 1 aliphatic heterocycles. The lowest BCUT2D eigenvalue weighted by atomic mass is 9.94. The van der Waals surface area contributed by atoms with Crippen molar-refractivity contribution in [3.8, 4) is 11.6 Å².